The van der Waals surface area contributed by atoms with Crippen molar-refractivity contribution in [3.05, 3.63) is 53.2 Å². The molecule has 0 aliphatic carbocycles. The molecule has 5 N–H and O–H groups in total. The Hall–Kier alpha value is -3.67. The zero-order chi connectivity index (χ0) is 23.7. The summed E-state index contributed by atoms with van der Waals surface area (Å²) in [6.45, 7) is 1.38. The summed E-state index contributed by atoms with van der Waals surface area (Å²) in [5.41, 5.74) is 15.3. The third kappa shape index (κ3) is 4.04. The number of fused-ring (bicyclic) bond motifs is 1. The van der Waals surface area contributed by atoms with Crippen LogP contribution in [0.5, 0.6) is 5.75 Å². The smallest absolute Gasteiger partial charge is 0.331 e. The number of ether oxygens (including phenoxy) is 2. The number of hydrogen-bond acceptors (Lipinski definition) is 8. The maximum Gasteiger partial charge on any atom is 0.331 e. The average Bonchev–Trinajstić information content (AvgIpc) is 3.39. The summed E-state index contributed by atoms with van der Waals surface area (Å²) in [4.78, 5) is 17.9. The lowest BCUT2D eigenvalue weighted by atomic mass is 10.1. The number of nitrogens with one attached hydrogen (secondary N) is 1. The largest absolute Gasteiger partial charge is 0.478 e. The predicted molar refractivity (Wildman–Crippen MR) is 129 cm³/mol. The molecule has 1 saturated heterocycles. The van der Waals surface area contributed by atoms with E-state index in [0.29, 0.717) is 35.9 Å². The van der Waals surface area contributed by atoms with Crippen LogP contribution in [0.1, 0.15) is 18.9 Å². The Balaban J connectivity index is 1.51. The van der Waals surface area contributed by atoms with Gasteiger partial charge in [0.05, 0.1) is 18.4 Å². The van der Waals surface area contributed by atoms with Gasteiger partial charge in [0.1, 0.15) is 18.3 Å². The number of aryl methyl sites for hydroxylation is 1. The molecule has 178 valence electrons. The van der Waals surface area contributed by atoms with Crippen LogP contribution in [-0.4, -0.2) is 43.8 Å². The van der Waals surface area contributed by atoms with Crippen LogP contribution in [0.25, 0.3) is 22.3 Å². The molecule has 0 radical (unpaired) electrons. The monoisotopic (exact) mass is 464 g/mol. The van der Waals surface area contributed by atoms with Crippen molar-refractivity contribution < 1.29 is 9.47 Å². The van der Waals surface area contributed by atoms with Gasteiger partial charge in [-0.25, -0.2) is 9.78 Å². The van der Waals surface area contributed by atoms with Gasteiger partial charge in [0, 0.05) is 55.4 Å². The zero-order valence-electron chi connectivity index (χ0n) is 19.0. The van der Waals surface area contributed by atoms with Crippen LogP contribution in [0.4, 0.5) is 11.5 Å². The van der Waals surface area contributed by atoms with Crippen molar-refractivity contribution in [3.8, 4) is 16.9 Å². The Bertz CT molecular complexity index is 1370. The third-order valence-electron chi connectivity index (χ3n) is 6.06. The van der Waals surface area contributed by atoms with Crippen molar-refractivity contribution in [1.29, 1.82) is 0 Å². The Morgan fingerprint density at radius 2 is 2.03 bits per heavy atom. The van der Waals surface area contributed by atoms with Crippen LogP contribution in [0.3, 0.4) is 0 Å². The van der Waals surface area contributed by atoms with Gasteiger partial charge in [0.25, 0.3) is 0 Å². The van der Waals surface area contributed by atoms with Crippen molar-refractivity contribution in [2.45, 2.75) is 25.6 Å². The molecule has 0 spiro atoms. The van der Waals surface area contributed by atoms with E-state index < -0.39 is 0 Å². The van der Waals surface area contributed by atoms with Gasteiger partial charge in [-0.2, -0.15) is 5.10 Å². The van der Waals surface area contributed by atoms with Crippen LogP contribution in [-0.2, 0) is 18.5 Å². The summed E-state index contributed by atoms with van der Waals surface area (Å²) in [5, 5.41) is 7.56. The third-order valence-corrected chi connectivity index (χ3v) is 6.06. The highest BCUT2D eigenvalue weighted by molar-refractivity contribution is 5.77. The molecule has 0 amide bonds. The number of benzene rings is 1. The predicted octanol–water partition coefficient (Wildman–Crippen LogP) is 1.90. The fourth-order valence-corrected chi connectivity index (χ4v) is 4.43. The maximum atomic E-state index is 13.1. The van der Waals surface area contributed by atoms with Gasteiger partial charge in [-0.15, -0.1) is 0 Å². The van der Waals surface area contributed by atoms with Crippen LogP contribution in [0, 0.1) is 0 Å². The first-order valence-electron chi connectivity index (χ1n) is 11.2. The van der Waals surface area contributed by atoms with Gasteiger partial charge in [-0.05, 0) is 37.1 Å². The van der Waals surface area contributed by atoms with E-state index in [9.17, 15) is 4.79 Å². The van der Waals surface area contributed by atoms with Crippen molar-refractivity contribution in [2.75, 3.05) is 25.3 Å². The summed E-state index contributed by atoms with van der Waals surface area (Å²) in [7, 11) is 1.86. The van der Waals surface area contributed by atoms with Crippen molar-refractivity contribution >= 4 is 22.7 Å². The summed E-state index contributed by atoms with van der Waals surface area (Å²) < 4.78 is 16.2. The quantitative estimate of drug-likeness (QED) is 0.352. The Labute approximate surface area is 195 Å². The van der Waals surface area contributed by atoms with Gasteiger partial charge in [-0.1, -0.05) is 0 Å². The van der Waals surface area contributed by atoms with E-state index >= 15 is 0 Å². The van der Waals surface area contributed by atoms with Crippen LogP contribution in [0.2, 0.25) is 0 Å². The minimum absolute atomic E-state index is 0.0302. The second-order valence-corrected chi connectivity index (χ2v) is 8.20. The molecule has 3 aromatic heterocycles. The molecule has 5 rings (SSSR count). The molecule has 1 aliphatic rings. The van der Waals surface area contributed by atoms with Crippen LogP contribution >= 0.6 is 0 Å². The Kier molecular flexibility index (Phi) is 6.05. The highest BCUT2D eigenvalue weighted by atomic mass is 16.5. The van der Waals surface area contributed by atoms with Crippen molar-refractivity contribution in [1.82, 2.24) is 23.9 Å². The Morgan fingerprint density at radius 3 is 2.74 bits per heavy atom. The van der Waals surface area contributed by atoms with Crippen LogP contribution in [0.15, 0.2) is 47.5 Å². The molecule has 4 heterocycles. The normalized spacial score (nSPS) is 14.6. The molecule has 1 fully saturated rings. The lowest BCUT2D eigenvalue weighted by Crippen LogP contribution is -2.32. The lowest BCUT2D eigenvalue weighted by Gasteiger charge is -2.23. The molecule has 0 saturated carbocycles. The molecule has 0 unspecified atom stereocenters. The molecular weight excluding hydrogens is 436 g/mol. The average molecular weight is 465 g/mol. The first-order chi connectivity index (χ1) is 16.6. The lowest BCUT2D eigenvalue weighted by molar-refractivity contribution is 0.0694. The summed E-state index contributed by atoms with van der Waals surface area (Å²) >= 11 is 0. The Morgan fingerprint density at radius 1 is 1.21 bits per heavy atom. The number of aromatic nitrogens is 5. The van der Waals surface area contributed by atoms with E-state index in [2.05, 4.69) is 10.4 Å². The molecule has 0 bridgehead atoms. The van der Waals surface area contributed by atoms with Gasteiger partial charge in [0.15, 0.2) is 5.65 Å². The van der Waals surface area contributed by atoms with E-state index in [-0.39, 0.29) is 25.1 Å². The van der Waals surface area contributed by atoms with Crippen molar-refractivity contribution in [2.24, 2.45) is 18.5 Å². The minimum atomic E-state index is -0.145. The fourth-order valence-electron chi connectivity index (χ4n) is 4.43. The number of rotatable bonds is 7. The topological polar surface area (TPSA) is 140 Å². The highest BCUT2D eigenvalue weighted by Crippen LogP contribution is 2.33. The number of hydrogen-bond donors (Lipinski definition) is 3. The van der Waals surface area contributed by atoms with E-state index in [1.54, 1.807) is 20.0 Å². The van der Waals surface area contributed by atoms with E-state index in [1.165, 1.54) is 0 Å². The summed E-state index contributed by atoms with van der Waals surface area (Å²) in [6.07, 6.45) is 5.22. The van der Waals surface area contributed by atoms with Gasteiger partial charge in [0.2, 0.25) is 0 Å². The first-order valence-corrected chi connectivity index (χ1v) is 11.2. The second-order valence-electron chi connectivity index (χ2n) is 8.20. The molecule has 34 heavy (non-hydrogen) atoms. The maximum absolute atomic E-state index is 13.1. The molecule has 0 atom stereocenters. The number of nitrogens with zero attached hydrogens (tertiary/aromatic N) is 5. The molecule has 4 aromatic rings. The van der Waals surface area contributed by atoms with E-state index in [0.717, 1.165) is 29.7 Å². The molecule has 11 heteroatoms. The number of anilines is 2. The van der Waals surface area contributed by atoms with Gasteiger partial charge in [-0.3, -0.25) is 19.5 Å². The number of nitrogens with two attached hydrogens (primary N) is 2. The number of imidazole rings is 1. The van der Waals surface area contributed by atoms with E-state index in [1.807, 2.05) is 43.6 Å². The second kappa shape index (κ2) is 9.29. The standard InChI is InChI=1S/C23H28N8O3/c1-29-12-15(11-26-29)18-3-2-16(10-20(18)34-14-25)27-21-5-4-19-22(28-21)31(23(32)30(19)13-24)17-6-8-33-9-7-17/h2-5,10-12,17H,6-9,13-14,24-25H2,1H3,(H,27,28). The zero-order valence-corrected chi connectivity index (χ0v) is 19.0. The molecular formula is C23H28N8O3. The van der Waals surface area contributed by atoms with Crippen molar-refractivity contribution in [3.63, 3.8) is 0 Å². The minimum Gasteiger partial charge on any atom is -0.478 e. The van der Waals surface area contributed by atoms with Gasteiger partial charge < -0.3 is 20.5 Å². The van der Waals surface area contributed by atoms with Crippen LogP contribution < -0.4 is 27.2 Å². The molecule has 11 nitrogen and oxygen atoms in total. The number of pyridine rings is 1. The SMILES string of the molecule is Cn1cc(-c2ccc(Nc3ccc4c(n3)n(C3CCOCC3)c(=O)n4CN)cc2OCN)cn1. The summed E-state index contributed by atoms with van der Waals surface area (Å²) in [6, 6.07) is 9.50. The summed E-state index contributed by atoms with van der Waals surface area (Å²) in [5.74, 6) is 1.24. The fraction of sp³-hybridized carbons (Fsp3) is 0.348. The van der Waals surface area contributed by atoms with E-state index in [4.69, 9.17) is 25.9 Å². The van der Waals surface area contributed by atoms with Gasteiger partial charge >= 0.3 is 5.69 Å². The first kappa shape index (κ1) is 22.1. The molecule has 1 aromatic carbocycles. The highest BCUT2D eigenvalue weighted by Gasteiger charge is 2.23. The molecule has 1 aliphatic heterocycles.